The summed E-state index contributed by atoms with van der Waals surface area (Å²) in [5.41, 5.74) is -0.452. The Kier molecular flexibility index (Phi) is 3.68. The molecule has 0 heterocycles. The van der Waals surface area contributed by atoms with Gasteiger partial charge < -0.3 is 14.6 Å². The zero-order chi connectivity index (χ0) is 15.1. The standard InChI is InChI=1S/C13H17FO5S/c1-18-10-8(7-13(15)4-5-13)6-9(14)12(11(10)19-2)20(3,16)17/h6,15H,4-5,7H2,1-3H3. The molecule has 2 rings (SSSR count). The van der Waals surface area contributed by atoms with Crippen LogP contribution < -0.4 is 9.47 Å². The predicted molar refractivity (Wildman–Crippen MR) is 70.5 cm³/mol. The average Bonchev–Trinajstić information content (AvgIpc) is 3.04. The number of hydrogen-bond acceptors (Lipinski definition) is 5. The van der Waals surface area contributed by atoms with Gasteiger partial charge in [0, 0.05) is 18.2 Å². The number of aliphatic hydroxyl groups is 1. The van der Waals surface area contributed by atoms with E-state index in [9.17, 15) is 17.9 Å². The third-order valence-electron chi connectivity index (χ3n) is 3.35. The fourth-order valence-electron chi connectivity index (χ4n) is 2.20. The molecule has 7 heteroatoms. The van der Waals surface area contributed by atoms with Crippen molar-refractivity contribution in [3.8, 4) is 11.5 Å². The molecule has 0 unspecified atom stereocenters. The molecule has 1 aromatic carbocycles. The van der Waals surface area contributed by atoms with E-state index in [0.717, 1.165) is 12.3 Å². The van der Waals surface area contributed by atoms with E-state index in [0.29, 0.717) is 18.4 Å². The number of halogens is 1. The molecule has 0 atom stereocenters. The first-order chi connectivity index (χ1) is 9.22. The summed E-state index contributed by atoms with van der Waals surface area (Å²) >= 11 is 0. The molecule has 20 heavy (non-hydrogen) atoms. The van der Waals surface area contributed by atoms with E-state index in [1.54, 1.807) is 0 Å². The van der Waals surface area contributed by atoms with Crippen molar-refractivity contribution in [1.82, 2.24) is 0 Å². The maximum atomic E-state index is 14.1. The highest BCUT2D eigenvalue weighted by Crippen LogP contribution is 2.45. The minimum atomic E-state index is -3.80. The van der Waals surface area contributed by atoms with Crippen LogP contribution in [0.5, 0.6) is 11.5 Å². The molecule has 0 radical (unpaired) electrons. The van der Waals surface area contributed by atoms with Gasteiger partial charge in [0.1, 0.15) is 10.7 Å². The molecule has 1 aromatic rings. The van der Waals surface area contributed by atoms with Crippen molar-refractivity contribution >= 4 is 9.84 Å². The van der Waals surface area contributed by atoms with Crippen LogP contribution in [0, 0.1) is 5.82 Å². The molecule has 0 bridgehead atoms. The molecule has 1 fully saturated rings. The Morgan fingerprint density at radius 1 is 1.30 bits per heavy atom. The first-order valence-corrected chi connectivity index (χ1v) is 7.97. The van der Waals surface area contributed by atoms with E-state index in [1.807, 2.05) is 0 Å². The quantitative estimate of drug-likeness (QED) is 0.888. The van der Waals surface area contributed by atoms with Gasteiger partial charge in [0.2, 0.25) is 0 Å². The smallest absolute Gasteiger partial charge is 0.182 e. The van der Waals surface area contributed by atoms with Gasteiger partial charge >= 0.3 is 0 Å². The highest BCUT2D eigenvalue weighted by Gasteiger charge is 2.42. The summed E-state index contributed by atoms with van der Waals surface area (Å²) in [7, 11) is -1.20. The van der Waals surface area contributed by atoms with E-state index in [1.165, 1.54) is 14.2 Å². The van der Waals surface area contributed by atoms with Gasteiger partial charge in [-0.1, -0.05) is 0 Å². The van der Waals surface area contributed by atoms with E-state index >= 15 is 0 Å². The van der Waals surface area contributed by atoms with Crippen molar-refractivity contribution in [3.05, 3.63) is 17.4 Å². The highest BCUT2D eigenvalue weighted by atomic mass is 32.2. The van der Waals surface area contributed by atoms with Crippen molar-refractivity contribution in [2.75, 3.05) is 20.5 Å². The molecular weight excluding hydrogens is 287 g/mol. The third kappa shape index (κ3) is 2.73. The van der Waals surface area contributed by atoms with Crippen LogP contribution in [0.15, 0.2) is 11.0 Å². The van der Waals surface area contributed by atoms with E-state index < -0.39 is 26.2 Å². The van der Waals surface area contributed by atoms with Crippen LogP contribution in [0.25, 0.3) is 0 Å². The van der Waals surface area contributed by atoms with Crippen LogP contribution in [-0.2, 0) is 16.3 Å². The molecule has 1 aliphatic rings. The van der Waals surface area contributed by atoms with Crippen molar-refractivity contribution in [2.24, 2.45) is 0 Å². The molecular formula is C13H17FO5S. The normalized spacial score (nSPS) is 16.9. The van der Waals surface area contributed by atoms with E-state index in [2.05, 4.69) is 0 Å². The van der Waals surface area contributed by atoms with Gasteiger partial charge in [0.05, 0.1) is 19.8 Å². The molecule has 1 aliphatic carbocycles. The van der Waals surface area contributed by atoms with E-state index in [-0.39, 0.29) is 17.9 Å². The Balaban J connectivity index is 2.64. The van der Waals surface area contributed by atoms with Crippen LogP contribution in [0.3, 0.4) is 0 Å². The number of sulfone groups is 1. The fraction of sp³-hybridized carbons (Fsp3) is 0.538. The van der Waals surface area contributed by atoms with Gasteiger partial charge in [-0.3, -0.25) is 0 Å². The zero-order valence-electron chi connectivity index (χ0n) is 11.6. The number of methoxy groups -OCH3 is 2. The molecule has 0 amide bonds. The minimum Gasteiger partial charge on any atom is -0.493 e. The molecule has 0 aliphatic heterocycles. The lowest BCUT2D eigenvalue weighted by atomic mass is 10.0. The van der Waals surface area contributed by atoms with Gasteiger partial charge in [0.25, 0.3) is 0 Å². The third-order valence-corrected chi connectivity index (χ3v) is 4.47. The topological polar surface area (TPSA) is 72.8 Å². The van der Waals surface area contributed by atoms with Crippen LogP contribution >= 0.6 is 0 Å². The van der Waals surface area contributed by atoms with Gasteiger partial charge in [0.15, 0.2) is 21.3 Å². The lowest BCUT2D eigenvalue weighted by Crippen LogP contribution is -2.14. The summed E-state index contributed by atoms with van der Waals surface area (Å²) in [6, 6.07) is 1.09. The number of rotatable bonds is 5. The van der Waals surface area contributed by atoms with Gasteiger partial charge in [-0.05, 0) is 18.9 Å². The van der Waals surface area contributed by atoms with Gasteiger partial charge in [-0.15, -0.1) is 0 Å². The lowest BCUT2D eigenvalue weighted by molar-refractivity contribution is 0.149. The molecule has 112 valence electrons. The summed E-state index contributed by atoms with van der Waals surface area (Å²) < 4.78 is 47.7. The minimum absolute atomic E-state index is 0.148. The second-order valence-electron chi connectivity index (χ2n) is 5.09. The monoisotopic (exact) mass is 304 g/mol. The predicted octanol–water partition coefficient (Wildman–Crippen LogP) is 1.31. The van der Waals surface area contributed by atoms with Crippen molar-refractivity contribution in [1.29, 1.82) is 0 Å². The second kappa shape index (κ2) is 4.89. The molecule has 0 spiro atoms. The first-order valence-electron chi connectivity index (χ1n) is 6.07. The molecule has 0 aromatic heterocycles. The van der Waals surface area contributed by atoms with Crippen LogP contribution in [0.4, 0.5) is 4.39 Å². The number of ether oxygens (including phenoxy) is 2. The Hall–Kier alpha value is -1.34. The Labute approximate surface area is 117 Å². The Morgan fingerprint density at radius 3 is 2.25 bits per heavy atom. The average molecular weight is 304 g/mol. The summed E-state index contributed by atoms with van der Waals surface area (Å²) in [5, 5.41) is 9.95. The zero-order valence-corrected chi connectivity index (χ0v) is 12.4. The lowest BCUT2D eigenvalue weighted by Gasteiger charge is -2.18. The van der Waals surface area contributed by atoms with E-state index in [4.69, 9.17) is 9.47 Å². The number of hydrogen-bond donors (Lipinski definition) is 1. The second-order valence-corrected chi connectivity index (χ2v) is 7.04. The van der Waals surface area contributed by atoms with Crippen LogP contribution in [0.1, 0.15) is 18.4 Å². The Morgan fingerprint density at radius 2 is 1.85 bits per heavy atom. The molecule has 5 nitrogen and oxygen atoms in total. The summed E-state index contributed by atoms with van der Waals surface area (Å²) in [6.07, 6.45) is 2.37. The maximum Gasteiger partial charge on any atom is 0.182 e. The first kappa shape index (κ1) is 15.1. The van der Waals surface area contributed by atoms with Crippen molar-refractivity contribution in [3.63, 3.8) is 0 Å². The SMILES string of the molecule is COc1c(CC2(O)CC2)cc(F)c(S(C)(=O)=O)c1OC. The Bertz CT molecular complexity index is 635. The molecule has 1 N–H and O–H groups in total. The van der Waals surface area contributed by atoms with Gasteiger partial charge in [-0.2, -0.15) is 0 Å². The largest absolute Gasteiger partial charge is 0.493 e. The molecule has 0 saturated heterocycles. The van der Waals surface area contributed by atoms with Crippen LogP contribution in [-0.4, -0.2) is 39.6 Å². The fourth-order valence-corrected chi connectivity index (χ4v) is 3.13. The maximum absolute atomic E-state index is 14.1. The molecule has 1 saturated carbocycles. The summed E-state index contributed by atoms with van der Waals surface area (Å²) in [5.74, 6) is -0.909. The summed E-state index contributed by atoms with van der Waals surface area (Å²) in [4.78, 5) is -0.525. The van der Waals surface area contributed by atoms with Gasteiger partial charge in [-0.25, -0.2) is 12.8 Å². The highest BCUT2D eigenvalue weighted by molar-refractivity contribution is 7.90. The van der Waals surface area contributed by atoms with Crippen molar-refractivity contribution < 1.29 is 27.4 Å². The summed E-state index contributed by atoms with van der Waals surface area (Å²) in [6.45, 7) is 0. The van der Waals surface area contributed by atoms with Crippen molar-refractivity contribution in [2.45, 2.75) is 29.8 Å². The number of benzene rings is 1. The van der Waals surface area contributed by atoms with Crippen LogP contribution in [0.2, 0.25) is 0 Å².